The highest BCUT2D eigenvalue weighted by atomic mass is 32.1. The zero-order valence-corrected chi connectivity index (χ0v) is 20.3. The Kier molecular flexibility index (Phi) is 7.41. The number of rotatable bonds is 8. The van der Waals surface area contributed by atoms with Crippen molar-refractivity contribution in [2.75, 3.05) is 11.4 Å². The molecule has 34 heavy (non-hydrogen) atoms. The topological polar surface area (TPSA) is 96.9 Å². The Hall–Kier alpha value is -3.07. The Labute approximate surface area is 202 Å². The van der Waals surface area contributed by atoms with Crippen LogP contribution >= 0.6 is 11.3 Å². The summed E-state index contributed by atoms with van der Waals surface area (Å²) in [7, 11) is 0. The van der Waals surface area contributed by atoms with E-state index in [1.807, 2.05) is 12.3 Å². The van der Waals surface area contributed by atoms with Crippen LogP contribution in [0.3, 0.4) is 0 Å². The molecular formula is C25H29N3O5S. The van der Waals surface area contributed by atoms with Gasteiger partial charge in [-0.3, -0.25) is 29.0 Å². The van der Waals surface area contributed by atoms with Gasteiger partial charge in [-0.05, 0) is 45.2 Å². The SMILES string of the molecule is Cc1ccc2c(c1)C(=O)N(CCCC(=O)O[C@@H](C)C(=O)N(c1nccs1)C1CCCCC1)C2=O. The maximum Gasteiger partial charge on any atom is 0.306 e. The van der Waals surface area contributed by atoms with Crippen LogP contribution in [0.4, 0.5) is 5.13 Å². The minimum atomic E-state index is -0.944. The monoisotopic (exact) mass is 483 g/mol. The molecule has 8 nitrogen and oxygen atoms in total. The lowest BCUT2D eigenvalue weighted by Crippen LogP contribution is -2.47. The predicted molar refractivity (Wildman–Crippen MR) is 128 cm³/mol. The third-order valence-corrected chi connectivity index (χ3v) is 7.12. The van der Waals surface area contributed by atoms with E-state index in [1.54, 1.807) is 36.2 Å². The van der Waals surface area contributed by atoms with Gasteiger partial charge in [0, 0.05) is 30.6 Å². The third kappa shape index (κ3) is 5.04. The highest BCUT2D eigenvalue weighted by molar-refractivity contribution is 7.13. The number of esters is 1. The maximum absolute atomic E-state index is 13.2. The van der Waals surface area contributed by atoms with Crippen LogP contribution in [-0.4, -0.2) is 52.3 Å². The van der Waals surface area contributed by atoms with E-state index in [9.17, 15) is 19.2 Å². The van der Waals surface area contributed by atoms with E-state index in [0.717, 1.165) is 37.7 Å². The number of aromatic nitrogens is 1. The molecule has 0 bridgehead atoms. The molecule has 3 amide bonds. The van der Waals surface area contributed by atoms with E-state index in [4.69, 9.17) is 4.74 Å². The van der Waals surface area contributed by atoms with Crippen molar-refractivity contribution < 1.29 is 23.9 Å². The van der Waals surface area contributed by atoms with E-state index in [-0.39, 0.29) is 43.1 Å². The Morgan fingerprint density at radius 3 is 2.62 bits per heavy atom. The van der Waals surface area contributed by atoms with Crippen molar-refractivity contribution in [3.05, 3.63) is 46.5 Å². The maximum atomic E-state index is 13.2. The molecule has 0 radical (unpaired) electrons. The highest BCUT2D eigenvalue weighted by Gasteiger charge is 2.36. The van der Waals surface area contributed by atoms with Gasteiger partial charge in [0.15, 0.2) is 11.2 Å². The number of thiazole rings is 1. The molecule has 2 aromatic rings. The number of benzene rings is 1. The summed E-state index contributed by atoms with van der Waals surface area (Å²) in [5.41, 5.74) is 1.70. The molecule has 1 saturated carbocycles. The summed E-state index contributed by atoms with van der Waals surface area (Å²) < 4.78 is 5.44. The molecule has 0 saturated heterocycles. The van der Waals surface area contributed by atoms with Crippen molar-refractivity contribution >= 4 is 40.2 Å². The fraction of sp³-hybridized carbons (Fsp3) is 0.480. The van der Waals surface area contributed by atoms with Crippen molar-refractivity contribution in [2.45, 2.75) is 70.9 Å². The lowest BCUT2D eigenvalue weighted by molar-refractivity contribution is -0.154. The first-order chi connectivity index (χ1) is 16.4. The van der Waals surface area contributed by atoms with Crippen molar-refractivity contribution in [1.82, 2.24) is 9.88 Å². The summed E-state index contributed by atoms with van der Waals surface area (Å²) in [6.07, 6.45) is 6.09. The quantitative estimate of drug-likeness (QED) is 0.414. The second-order valence-electron chi connectivity index (χ2n) is 8.86. The summed E-state index contributed by atoms with van der Waals surface area (Å²) in [6.45, 7) is 3.56. The normalized spacial score (nSPS) is 16.9. The summed E-state index contributed by atoms with van der Waals surface area (Å²) in [4.78, 5) is 58.0. The number of imide groups is 1. The van der Waals surface area contributed by atoms with Crippen LogP contribution < -0.4 is 4.90 Å². The highest BCUT2D eigenvalue weighted by Crippen LogP contribution is 2.30. The molecule has 9 heteroatoms. The fourth-order valence-electron chi connectivity index (χ4n) is 4.60. The van der Waals surface area contributed by atoms with Gasteiger partial charge in [0.05, 0.1) is 11.1 Å². The number of carbonyl (C=O) groups is 4. The Bertz CT molecular complexity index is 1080. The molecule has 1 aromatic carbocycles. The van der Waals surface area contributed by atoms with E-state index in [2.05, 4.69) is 4.98 Å². The number of amides is 3. The van der Waals surface area contributed by atoms with Gasteiger partial charge in [0.25, 0.3) is 17.7 Å². The summed E-state index contributed by atoms with van der Waals surface area (Å²) in [5.74, 6) is -1.49. The van der Waals surface area contributed by atoms with Crippen LogP contribution in [0.15, 0.2) is 29.8 Å². The van der Waals surface area contributed by atoms with Crippen LogP contribution in [0.2, 0.25) is 0 Å². The molecule has 0 spiro atoms. The number of hydrogen-bond donors (Lipinski definition) is 0. The average Bonchev–Trinajstić information content (AvgIpc) is 3.43. The molecule has 1 fully saturated rings. The summed E-state index contributed by atoms with van der Waals surface area (Å²) in [6, 6.07) is 5.22. The second kappa shape index (κ2) is 10.5. The lowest BCUT2D eigenvalue weighted by Gasteiger charge is -2.33. The Morgan fingerprint density at radius 1 is 1.18 bits per heavy atom. The van der Waals surface area contributed by atoms with Gasteiger partial charge in [0.1, 0.15) is 0 Å². The van der Waals surface area contributed by atoms with Gasteiger partial charge >= 0.3 is 5.97 Å². The average molecular weight is 484 g/mol. The van der Waals surface area contributed by atoms with Crippen LogP contribution in [0.25, 0.3) is 0 Å². The van der Waals surface area contributed by atoms with Gasteiger partial charge in [-0.2, -0.15) is 0 Å². The van der Waals surface area contributed by atoms with Gasteiger partial charge in [-0.1, -0.05) is 30.9 Å². The summed E-state index contributed by atoms with van der Waals surface area (Å²) in [5, 5.41) is 2.45. The molecule has 180 valence electrons. The standard InChI is InChI=1S/C25H29N3O5S/c1-16-10-11-19-20(15-16)24(32)27(23(19)31)13-6-9-21(29)33-17(2)22(30)28(25-26-12-14-34-25)18-7-4-3-5-8-18/h10-12,14-15,17-18H,3-9,13H2,1-2H3/t17-/m0/s1. The molecule has 2 aliphatic rings. The molecule has 0 unspecified atom stereocenters. The minimum Gasteiger partial charge on any atom is -0.453 e. The number of carbonyl (C=O) groups excluding carboxylic acids is 4. The molecule has 1 aliphatic carbocycles. The smallest absolute Gasteiger partial charge is 0.306 e. The van der Waals surface area contributed by atoms with Gasteiger partial charge < -0.3 is 4.74 Å². The number of ether oxygens (including phenoxy) is 1. The van der Waals surface area contributed by atoms with Crippen LogP contribution in [0, 0.1) is 6.92 Å². The molecule has 4 rings (SSSR count). The van der Waals surface area contributed by atoms with Gasteiger partial charge in [-0.15, -0.1) is 11.3 Å². The fourth-order valence-corrected chi connectivity index (χ4v) is 5.31. The van der Waals surface area contributed by atoms with E-state index in [1.165, 1.54) is 16.2 Å². The van der Waals surface area contributed by atoms with Crippen molar-refractivity contribution in [2.24, 2.45) is 0 Å². The van der Waals surface area contributed by atoms with Crippen molar-refractivity contribution in [3.8, 4) is 0 Å². The van der Waals surface area contributed by atoms with E-state index >= 15 is 0 Å². The Balaban J connectivity index is 1.31. The molecular weight excluding hydrogens is 454 g/mol. The summed E-state index contributed by atoms with van der Waals surface area (Å²) >= 11 is 1.40. The zero-order valence-electron chi connectivity index (χ0n) is 19.5. The van der Waals surface area contributed by atoms with Crippen molar-refractivity contribution in [1.29, 1.82) is 0 Å². The first kappa shape index (κ1) is 24.1. The van der Waals surface area contributed by atoms with Crippen LogP contribution in [0.5, 0.6) is 0 Å². The zero-order chi connectivity index (χ0) is 24.2. The predicted octanol–water partition coefficient (Wildman–Crippen LogP) is 4.13. The number of fused-ring (bicyclic) bond motifs is 1. The molecule has 0 N–H and O–H groups in total. The van der Waals surface area contributed by atoms with Crippen molar-refractivity contribution in [3.63, 3.8) is 0 Å². The van der Waals surface area contributed by atoms with Gasteiger partial charge in [0.2, 0.25) is 0 Å². The van der Waals surface area contributed by atoms with E-state index < -0.39 is 12.1 Å². The molecule has 1 atom stereocenters. The minimum absolute atomic E-state index is 0.00470. The second-order valence-corrected chi connectivity index (χ2v) is 9.73. The Morgan fingerprint density at radius 2 is 1.91 bits per heavy atom. The van der Waals surface area contributed by atoms with Crippen LogP contribution in [-0.2, 0) is 14.3 Å². The van der Waals surface area contributed by atoms with Gasteiger partial charge in [-0.25, -0.2) is 4.98 Å². The molecule has 1 aromatic heterocycles. The first-order valence-corrected chi connectivity index (χ1v) is 12.6. The number of anilines is 1. The number of aryl methyl sites for hydroxylation is 1. The third-order valence-electron chi connectivity index (χ3n) is 6.35. The van der Waals surface area contributed by atoms with E-state index in [0.29, 0.717) is 16.3 Å². The largest absolute Gasteiger partial charge is 0.453 e. The lowest BCUT2D eigenvalue weighted by atomic mass is 9.94. The number of nitrogens with zero attached hydrogens (tertiary/aromatic N) is 3. The first-order valence-electron chi connectivity index (χ1n) is 11.8. The molecule has 1 aliphatic heterocycles. The number of hydrogen-bond acceptors (Lipinski definition) is 7. The van der Waals surface area contributed by atoms with Crippen LogP contribution in [0.1, 0.15) is 78.1 Å². The molecule has 2 heterocycles.